The van der Waals surface area contributed by atoms with Crippen molar-refractivity contribution in [1.82, 2.24) is 20.1 Å². The molecule has 0 bridgehead atoms. The van der Waals surface area contributed by atoms with Crippen LogP contribution in [0, 0.1) is 6.92 Å². The SMILES string of the molecule is C=C(O)/C=C\C(=C/C)CN1CCC(N2CCN(c3ncc(C(=O)NCc4ccc(C)cc4)cc3O)CC2)CC1. The molecule has 2 aliphatic heterocycles. The molecule has 0 saturated carbocycles. The zero-order chi connectivity index (χ0) is 27.8. The van der Waals surface area contributed by atoms with Crippen molar-refractivity contribution >= 4 is 11.7 Å². The number of aliphatic hydroxyl groups is 1. The first-order chi connectivity index (χ1) is 18.8. The summed E-state index contributed by atoms with van der Waals surface area (Å²) >= 11 is 0. The first-order valence-electron chi connectivity index (χ1n) is 13.8. The highest BCUT2D eigenvalue weighted by atomic mass is 16.3. The maximum atomic E-state index is 12.6. The number of aryl methyl sites for hydroxylation is 1. The van der Waals surface area contributed by atoms with Crippen LogP contribution in [0.3, 0.4) is 0 Å². The lowest BCUT2D eigenvalue weighted by Crippen LogP contribution is -2.53. The summed E-state index contributed by atoms with van der Waals surface area (Å²) in [7, 11) is 0. The number of allylic oxidation sites excluding steroid dienone is 2. The highest BCUT2D eigenvalue weighted by Crippen LogP contribution is 2.28. The zero-order valence-electron chi connectivity index (χ0n) is 23.1. The Hall–Kier alpha value is -3.62. The molecule has 0 unspecified atom stereocenters. The lowest BCUT2D eigenvalue weighted by Gasteiger charge is -2.43. The van der Waals surface area contributed by atoms with E-state index in [1.165, 1.54) is 17.2 Å². The molecule has 2 fully saturated rings. The van der Waals surface area contributed by atoms with Crippen molar-refractivity contribution in [1.29, 1.82) is 0 Å². The van der Waals surface area contributed by atoms with Crippen molar-refractivity contribution in [3.63, 3.8) is 0 Å². The predicted octanol–water partition coefficient (Wildman–Crippen LogP) is 4.19. The fourth-order valence-corrected chi connectivity index (χ4v) is 5.25. The maximum Gasteiger partial charge on any atom is 0.253 e. The molecule has 4 rings (SSSR count). The van der Waals surface area contributed by atoms with E-state index < -0.39 is 0 Å². The molecule has 0 radical (unpaired) electrons. The summed E-state index contributed by atoms with van der Waals surface area (Å²) in [5, 5.41) is 22.9. The average Bonchev–Trinajstić information content (AvgIpc) is 2.95. The number of carbonyl (C=O) groups is 1. The summed E-state index contributed by atoms with van der Waals surface area (Å²) in [5.74, 6) is 0.402. The van der Waals surface area contributed by atoms with Gasteiger partial charge in [0.15, 0.2) is 11.6 Å². The minimum Gasteiger partial charge on any atom is -0.509 e. The molecule has 1 amide bonds. The van der Waals surface area contributed by atoms with Gasteiger partial charge in [-0.2, -0.15) is 0 Å². The Balaban J connectivity index is 1.23. The smallest absolute Gasteiger partial charge is 0.253 e. The quantitative estimate of drug-likeness (QED) is 0.330. The Morgan fingerprint density at radius 2 is 1.79 bits per heavy atom. The normalized spacial score (nSPS) is 18.0. The summed E-state index contributed by atoms with van der Waals surface area (Å²) < 4.78 is 0. The van der Waals surface area contributed by atoms with Crippen molar-refractivity contribution in [3.05, 3.63) is 89.4 Å². The van der Waals surface area contributed by atoms with Gasteiger partial charge in [-0.15, -0.1) is 0 Å². The Labute approximate surface area is 232 Å². The van der Waals surface area contributed by atoms with Crippen LogP contribution in [0.25, 0.3) is 0 Å². The summed E-state index contributed by atoms with van der Waals surface area (Å²) in [4.78, 5) is 24.2. The van der Waals surface area contributed by atoms with Crippen LogP contribution >= 0.6 is 0 Å². The molecule has 0 aliphatic carbocycles. The number of aromatic nitrogens is 1. The molecule has 3 heterocycles. The summed E-state index contributed by atoms with van der Waals surface area (Å²) in [6.45, 7) is 14.4. The van der Waals surface area contributed by atoms with E-state index in [0.29, 0.717) is 24.0 Å². The van der Waals surface area contributed by atoms with Crippen molar-refractivity contribution in [3.8, 4) is 5.75 Å². The number of hydrogen-bond acceptors (Lipinski definition) is 7. The number of benzene rings is 1. The number of nitrogens with one attached hydrogen (secondary N) is 1. The van der Waals surface area contributed by atoms with Gasteiger partial charge in [0.1, 0.15) is 5.76 Å². The van der Waals surface area contributed by atoms with Crippen molar-refractivity contribution < 1.29 is 15.0 Å². The number of amides is 1. The molecule has 1 aromatic heterocycles. The molecule has 8 heteroatoms. The lowest BCUT2D eigenvalue weighted by molar-refractivity contribution is 0.0950. The van der Waals surface area contributed by atoms with Crippen LogP contribution < -0.4 is 10.2 Å². The van der Waals surface area contributed by atoms with Crippen LogP contribution in [-0.2, 0) is 6.54 Å². The second-order valence-corrected chi connectivity index (χ2v) is 10.5. The predicted molar refractivity (Wildman–Crippen MR) is 156 cm³/mol. The van der Waals surface area contributed by atoms with Crippen LogP contribution in [0.4, 0.5) is 5.82 Å². The third-order valence-corrected chi connectivity index (χ3v) is 7.64. The number of hydrogen-bond donors (Lipinski definition) is 3. The number of aliphatic hydroxyl groups excluding tert-OH is 1. The van der Waals surface area contributed by atoms with Gasteiger partial charge in [0.2, 0.25) is 0 Å². The van der Waals surface area contributed by atoms with Crippen LogP contribution in [0.15, 0.2) is 72.7 Å². The lowest BCUT2D eigenvalue weighted by atomic mass is 10.0. The standard InChI is InChI=1S/C31H41N5O3/c1-4-25(10-7-24(3)37)22-34-13-11-28(12-14-34)35-15-17-36(18-16-35)30-29(38)19-27(21-32-30)31(39)33-20-26-8-5-23(2)6-9-26/h4-10,19,21,28,37-38H,3,11-18,20,22H2,1-2H3,(H,33,39)/b10-7-,25-4+. The molecular weight excluding hydrogens is 490 g/mol. The van der Waals surface area contributed by atoms with E-state index in [1.807, 2.05) is 44.2 Å². The van der Waals surface area contributed by atoms with Crippen LogP contribution in [0.2, 0.25) is 0 Å². The van der Waals surface area contributed by atoms with Crippen molar-refractivity contribution in [2.24, 2.45) is 0 Å². The Morgan fingerprint density at radius 3 is 2.41 bits per heavy atom. The summed E-state index contributed by atoms with van der Waals surface area (Å²) in [5.41, 5.74) is 3.73. The minimum absolute atomic E-state index is 0.0401. The molecule has 2 aromatic rings. The number of nitrogens with zero attached hydrogens (tertiary/aromatic N) is 4. The van der Waals surface area contributed by atoms with Crippen LogP contribution in [-0.4, -0.2) is 82.8 Å². The third kappa shape index (κ3) is 7.94. The van der Waals surface area contributed by atoms with Crippen LogP contribution in [0.5, 0.6) is 5.75 Å². The molecule has 3 N–H and O–H groups in total. The van der Waals surface area contributed by atoms with Crippen molar-refractivity contribution in [2.45, 2.75) is 39.3 Å². The Bertz CT molecular complexity index is 1190. The number of piperidine rings is 1. The minimum atomic E-state index is -0.252. The van der Waals surface area contributed by atoms with Crippen LogP contribution in [0.1, 0.15) is 41.3 Å². The fraction of sp³-hybridized carbons (Fsp3) is 0.419. The highest BCUT2D eigenvalue weighted by Gasteiger charge is 2.28. The molecule has 2 saturated heterocycles. The first kappa shape index (κ1) is 28.4. The van der Waals surface area contributed by atoms with Gasteiger partial charge in [-0.25, -0.2) is 4.98 Å². The third-order valence-electron chi connectivity index (χ3n) is 7.64. The molecule has 2 aliphatic rings. The van der Waals surface area contributed by atoms with Gasteiger partial charge in [0.05, 0.1) is 5.56 Å². The molecule has 208 valence electrons. The monoisotopic (exact) mass is 531 g/mol. The molecular formula is C31H41N5O3. The van der Waals surface area contributed by atoms with E-state index in [0.717, 1.165) is 64.2 Å². The van der Waals surface area contributed by atoms with E-state index in [9.17, 15) is 15.0 Å². The number of piperazine rings is 1. The summed E-state index contributed by atoms with van der Waals surface area (Å²) in [6, 6.07) is 10.1. The zero-order valence-corrected chi connectivity index (χ0v) is 23.1. The van der Waals surface area contributed by atoms with E-state index in [1.54, 1.807) is 12.3 Å². The molecule has 0 atom stereocenters. The first-order valence-corrected chi connectivity index (χ1v) is 13.8. The highest BCUT2D eigenvalue weighted by molar-refractivity contribution is 5.94. The van der Waals surface area contributed by atoms with E-state index in [2.05, 4.69) is 37.7 Å². The van der Waals surface area contributed by atoms with Gasteiger partial charge in [0, 0.05) is 51.5 Å². The van der Waals surface area contributed by atoms with E-state index >= 15 is 0 Å². The van der Waals surface area contributed by atoms with Gasteiger partial charge >= 0.3 is 0 Å². The largest absolute Gasteiger partial charge is 0.509 e. The van der Waals surface area contributed by atoms with Gasteiger partial charge < -0.3 is 20.4 Å². The number of rotatable bonds is 9. The molecule has 1 aromatic carbocycles. The second-order valence-electron chi connectivity index (χ2n) is 10.5. The maximum absolute atomic E-state index is 12.6. The van der Waals surface area contributed by atoms with Crippen molar-refractivity contribution in [2.75, 3.05) is 50.7 Å². The molecule has 0 spiro atoms. The second kappa shape index (κ2) is 13.4. The van der Waals surface area contributed by atoms with E-state index in [4.69, 9.17) is 0 Å². The molecule has 39 heavy (non-hydrogen) atoms. The Kier molecular flexibility index (Phi) is 9.79. The summed E-state index contributed by atoms with van der Waals surface area (Å²) in [6.07, 6.45) is 9.46. The Morgan fingerprint density at radius 1 is 1.10 bits per heavy atom. The average molecular weight is 532 g/mol. The number of carbonyl (C=O) groups excluding carboxylic acids is 1. The number of pyridine rings is 1. The van der Waals surface area contributed by atoms with Gasteiger partial charge in [-0.05, 0) is 63.1 Å². The number of anilines is 1. The van der Waals surface area contributed by atoms with E-state index in [-0.39, 0.29) is 17.4 Å². The topological polar surface area (TPSA) is 92.2 Å². The molecule has 8 nitrogen and oxygen atoms in total. The van der Waals surface area contributed by atoms with Gasteiger partial charge in [0.25, 0.3) is 5.91 Å². The van der Waals surface area contributed by atoms with Gasteiger partial charge in [-0.1, -0.05) is 48.6 Å². The van der Waals surface area contributed by atoms with Gasteiger partial charge in [-0.3, -0.25) is 14.6 Å². The number of aromatic hydroxyl groups is 1. The number of likely N-dealkylation sites (tertiary alicyclic amines) is 1. The fourth-order valence-electron chi connectivity index (χ4n) is 5.25.